The molecule has 0 atom stereocenters. The number of benzene rings is 4. The highest BCUT2D eigenvalue weighted by atomic mass is 16.5. The van der Waals surface area contributed by atoms with E-state index in [-0.39, 0.29) is 5.97 Å². The van der Waals surface area contributed by atoms with Gasteiger partial charge in [-0.15, -0.1) is 0 Å². The highest BCUT2D eigenvalue weighted by molar-refractivity contribution is 6.14. The second-order valence-electron chi connectivity index (χ2n) is 7.99. The summed E-state index contributed by atoms with van der Waals surface area (Å²) in [4.78, 5) is 16.8. The molecule has 160 valence electrons. The minimum atomic E-state index is -0.262. The molecule has 0 fully saturated rings. The van der Waals surface area contributed by atoms with Crippen molar-refractivity contribution in [2.45, 2.75) is 13.3 Å². The first-order chi connectivity index (χ1) is 16.2. The molecule has 0 aliphatic rings. The van der Waals surface area contributed by atoms with Gasteiger partial charge in [0.1, 0.15) is 5.65 Å². The van der Waals surface area contributed by atoms with Crippen LogP contribution in [0.5, 0.6) is 5.75 Å². The summed E-state index contributed by atoms with van der Waals surface area (Å²) in [5, 5.41) is 6.78. The number of anilines is 2. The van der Waals surface area contributed by atoms with Gasteiger partial charge in [0.15, 0.2) is 5.75 Å². The molecule has 0 bridgehead atoms. The third kappa shape index (κ3) is 3.17. The Bertz CT molecular complexity index is 1680. The van der Waals surface area contributed by atoms with Gasteiger partial charge >= 0.3 is 5.97 Å². The molecule has 2 aromatic heterocycles. The number of carbonyl (C=O) groups is 1. The topological polar surface area (TPSA) is 55.6 Å². The number of nitrogens with zero attached hydrogens (tertiary/aromatic N) is 2. The van der Waals surface area contributed by atoms with E-state index in [1.165, 1.54) is 0 Å². The number of hydrogen-bond acceptors (Lipinski definition) is 4. The van der Waals surface area contributed by atoms with Gasteiger partial charge in [-0.05, 0) is 53.9 Å². The molecule has 2 heterocycles. The quantitative estimate of drug-likeness (QED) is 0.188. The fourth-order valence-electron chi connectivity index (χ4n) is 4.40. The summed E-state index contributed by atoms with van der Waals surface area (Å²) in [5.41, 5.74) is 5.78. The molecule has 0 spiro atoms. The number of esters is 1. The van der Waals surface area contributed by atoms with Crippen LogP contribution in [0.2, 0.25) is 0 Å². The van der Waals surface area contributed by atoms with Crippen LogP contribution in [-0.4, -0.2) is 15.4 Å². The zero-order valence-corrected chi connectivity index (χ0v) is 18.1. The molecule has 4 aromatic carbocycles. The molecule has 1 N–H and O–H groups in total. The predicted octanol–water partition coefficient (Wildman–Crippen LogP) is 6.85. The molecule has 33 heavy (non-hydrogen) atoms. The lowest BCUT2D eigenvalue weighted by atomic mass is 10.0. The average Bonchev–Trinajstić information content (AvgIpc) is 3.25. The van der Waals surface area contributed by atoms with Gasteiger partial charge < -0.3 is 10.1 Å². The Hall–Kier alpha value is -4.38. The van der Waals surface area contributed by atoms with E-state index in [2.05, 4.69) is 52.2 Å². The Morgan fingerprint density at radius 2 is 1.61 bits per heavy atom. The van der Waals surface area contributed by atoms with E-state index in [9.17, 15) is 4.79 Å². The summed E-state index contributed by atoms with van der Waals surface area (Å²) < 4.78 is 7.74. The monoisotopic (exact) mass is 431 g/mol. The van der Waals surface area contributed by atoms with E-state index < -0.39 is 0 Å². The molecular formula is C28H21N3O2. The van der Waals surface area contributed by atoms with Crippen LogP contribution in [0, 0.1) is 0 Å². The van der Waals surface area contributed by atoms with Crippen molar-refractivity contribution in [1.82, 2.24) is 9.38 Å². The summed E-state index contributed by atoms with van der Waals surface area (Å²) in [7, 11) is 0. The van der Waals surface area contributed by atoms with Crippen molar-refractivity contribution >= 4 is 55.7 Å². The van der Waals surface area contributed by atoms with Crippen molar-refractivity contribution in [1.29, 1.82) is 0 Å². The number of para-hydroxylation sites is 5. The summed E-state index contributed by atoms with van der Waals surface area (Å²) in [5.74, 6) is 0.256. The summed E-state index contributed by atoms with van der Waals surface area (Å²) in [6.07, 6.45) is 0.324. The normalized spacial score (nSPS) is 11.4. The van der Waals surface area contributed by atoms with E-state index in [1.54, 1.807) is 13.0 Å². The number of ether oxygens (including phenoxy) is 1. The molecule has 0 saturated heterocycles. The van der Waals surface area contributed by atoms with Gasteiger partial charge in [0.05, 0.1) is 22.2 Å². The van der Waals surface area contributed by atoms with Gasteiger partial charge in [-0.25, -0.2) is 4.98 Å². The first kappa shape index (κ1) is 19.3. The molecule has 6 rings (SSSR count). The van der Waals surface area contributed by atoms with Crippen LogP contribution in [0.1, 0.15) is 13.3 Å². The SMILES string of the molecule is CCC(=O)Oc1ccccc1Nc1ccc2c(c1)c1ccccc1n1c3ccccc3nc21. The van der Waals surface area contributed by atoms with Gasteiger partial charge in [-0.2, -0.15) is 0 Å². The van der Waals surface area contributed by atoms with Gasteiger partial charge in [0, 0.05) is 22.9 Å². The Morgan fingerprint density at radius 3 is 2.48 bits per heavy atom. The lowest BCUT2D eigenvalue weighted by molar-refractivity contribution is -0.133. The highest BCUT2D eigenvalue weighted by Gasteiger charge is 2.14. The molecule has 0 aliphatic heterocycles. The van der Waals surface area contributed by atoms with Crippen LogP contribution in [0.25, 0.3) is 38.4 Å². The highest BCUT2D eigenvalue weighted by Crippen LogP contribution is 2.35. The molecular weight excluding hydrogens is 410 g/mol. The van der Waals surface area contributed by atoms with Crippen molar-refractivity contribution in [2.24, 2.45) is 0 Å². The first-order valence-corrected chi connectivity index (χ1v) is 11.0. The number of fused-ring (bicyclic) bond motifs is 8. The second kappa shape index (κ2) is 7.64. The fraction of sp³-hybridized carbons (Fsp3) is 0.0714. The third-order valence-corrected chi connectivity index (χ3v) is 5.93. The summed E-state index contributed by atoms with van der Waals surface area (Å²) in [6.45, 7) is 1.78. The molecule has 0 aliphatic carbocycles. The maximum absolute atomic E-state index is 11.8. The largest absolute Gasteiger partial charge is 0.424 e. The maximum Gasteiger partial charge on any atom is 0.310 e. The van der Waals surface area contributed by atoms with E-state index in [0.29, 0.717) is 12.2 Å². The molecule has 0 saturated carbocycles. The molecule has 0 amide bonds. The van der Waals surface area contributed by atoms with E-state index in [0.717, 1.165) is 49.7 Å². The second-order valence-corrected chi connectivity index (χ2v) is 7.99. The zero-order valence-electron chi connectivity index (χ0n) is 18.1. The molecule has 5 nitrogen and oxygen atoms in total. The van der Waals surface area contributed by atoms with Gasteiger partial charge in [-0.1, -0.05) is 49.4 Å². The Labute approximate surface area is 190 Å². The van der Waals surface area contributed by atoms with Crippen molar-refractivity contribution in [3.63, 3.8) is 0 Å². The lowest BCUT2D eigenvalue weighted by Crippen LogP contribution is -2.07. The average molecular weight is 431 g/mol. The van der Waals surface area contributed by atoms with Crippen molar-refractivity contribution in [3.8, 4) is 5.75 Å². The summed E-state index contributed by atoms with van der Waals surface area (Å²) >= 11 is 0. The zero-order chi connectivity index (χ0) is 22.4. The lowest BCUT2D eigenvalue weighted by Gasteiger charge is -2.14. The molecule has 0 radical (unpaired) electrons. The molecule has 0 unspecified atom stereocenters. The number of imidazole rings is 1. The summed E-state index contributed by atoms with van der Waals surface area (Å²) in [6, 6.07) is 30.4. The van der Waals surface area contributed by atoms with Crippen molar-refractivity contribution < 1.29 is 9.53 Å². The standard InChI is InChI=1S/C28H21N3O2/c1-2-27(32)33-26-14-8-5-11-23(26)29-18-15-16-20-21(17-18)19-9-3-6-12-24(19)31-25-13-7-4-10-22(25)30-28(20)31/h3-17,29H,2H2,1H3. The van der Waals surface area contributed by atoms with Crippen LogP contribution in [0.15, 0.2) is 91.0 Å². The number of rotatable bonds is 4. The van der Waals surface area contributed by atoms with Crippen LogP contribution < -0.4 is 10.1 Å². The van der Waals surface area contributed by atoms with E-state index >= 15 is 0 Å². The molecule has 6 aromatic rings. The van der Waals surface area contributed by atoms with Crippen molar-refractivity contribution in [3.05, 3.63) is 91.0 Å². The number of aromatic nitrogens is 2. The number of pyridine rings is 1. The number of hydrogen-bond donors (Lipinski definition) is 1. The third-order valence-electron chi connectivity index (χ3n) is 5.93. The number of nitrogens with one attached hydrogen (secondary N) is 1. The smallest absolute Gasteiger partial charge is 0.310 e. The Kier molecular flexibility index (Phi) is 4.47. The van der Waals surface area contributed by atoms with Crippen LogP contribution in [0.3, 0.4) is 0 Å². The van der Waals surface area contributed by atoms with Gasteiger partial charge in [0.2, 0.25) is 0 Å². The minimum absolute atomic E-state index is 0.262. The van der Waals surface area contributed by atoms with E-state index in [4.69, 9.17) is 9.72 Å². The minimum Gasteiger partial charge on any atom is -0.424 e. The maximum atomic E-state index is 11.8. The van der Waals surface area contributed by atoms with Crippen molar-refractivity contribution in [2.75, 3.05) is 5.32 Å². The van der Waals surface area contributed by atoms with Gasteiger partial charge in [-0.3, -0.25) is 9.20 Å². The van der Waals surface area contributed by atoms with Crippen LogP contribution in [0.4, 0.5) is 11.4 Å². The molecule has 5 heteroatoms. The Balaban J connectivity index is 1.55. The van der Waals surface area contributed by atoms with E-state index in [1.807, 2.05) is 42.5 Å². The fourth-order valence-corrected chi connectivity index (χ4v) is 4.40. The van der Waals surface area contributed by atoms with Crippen LogP contribution in [-0.2, 0) is 4.79 Å². The Morgan fingerprint density at radius 1 is 0.848 bits per heavy atom. The first-order valence-electron chi connectivity index (χ1n) is 11.0. The number of carbonyl (C=O) groups excluding carboxylic acids is 1. The van der Waals surface area contributed by atoms with Gasteiger partial charge in [0.25, 0.3) is 0 Å². The van der Waals surface area contributed by atoms with Crippen LogP contribution >= 0.6 is 0 Å². The predicted molar refractivity (Wildman–Crippen MR) is 133 cm³/mol.